The van der Waals surface area contributed by atoms with Crippen LogP contribution in [0.5, 0.6) is 0 Å². The van der Waals surface area contributed by atoms with Gasteiger partial charge in [-0.3, -0.25) is 14.5 Å². The van der Waals surface area contributed by atoms with E-state index in [1.165, 1.54) is 30.5 Å². The zero-order valence-corrected chi connectivity index (χ0v) is 43.5. The summed E-state index contributed by atoms with van der Waals surface area (Å²) in [6.45, 7) is 2.48. The summed E-state index contributed by atoms with van der Waals surface area (Å²) in [6, 6.07) is 12.0. The largest absolute Gasteiger partial charge is 0.378 e. The summed E-state index contributed by atoms with van der Waals surface area (Å²) in [4.78, 5) is 33.3. The van der Waals surface area contributed by atoms with Crippen LogP contribution in [0.15, 0.2) is 48.5 Å². The van der Waals surface area contributed by atoms with Gasteiger partial charge in [0.1, 0.15) is 17.8 Å². The Bertz CT molecular complexity index is 2350. The van der Waals surface area contributed by atoms with Gasteiger partial charge >= 0.3 is 0 Å². The van der Waals surface area contributed by atoms with E-state index in [9.17, 15) is 39.6 Å². The van der Waals surface area contributed by atoms with Crippen molar-refractivity contribution in [3.05, 3.63) is 71.3 Å². The molecule has 3 heterocycles. The lowest BCUT2D eigenvalue weighted by Crippen LogP contribution is -2.57. The Hall–Kier alpha value is -3.21. The number of hydrogen-bond acceptors (Lipinski definition) is 9. The summed E-state index contributed by atoms with van der Waals surface area (Å²) in [5.41, 5.74) is 1.97. The van der Waals surface area contributed by atoms with Crippen molar-refractivity contribution >= 4 is 32.2 Å². The molecular formula is C51H76F3N7O8S2. The average Bonchev–Trinajstić information content (AvgIpc) is 3.71. The summed E-state index contributed by atoms with van der Waals surface area (Å²) < 4.78 is 117. The maximum Gasteiger partial charge on any atom is 0.279 e. The van der Waals surface area contributed by atoms with Gasteiger partial charge in [0.25, 0.3) is 20.4 Å². The van der Waals surface area contributed by atoms with E-state index in [1.54, 1.807) is 41.1 Å². The molecule has 6 atom stereocenters. The molecule has 15 nitrogen and oxygen atoms in total. The quantitative estimate of drug-likeness (QED) is 0.199. The molecule has 396 valence electrons. The minimum Gasteiger partial charge on any atom is -0.378 e. The highest BCUT2D eigenvalue weighted by molar-refractivity contribution is 7.87. The van der Waals surface area contributed by atoms with E-state index < -0.39 is 44.7 Å². The molecule has 71 heavy (non-hydrogen) atoms. The molecule has 0 spiro atoms. The minimum absolute atomic E-state index is 0.0354. The third-order valence-electron chi connectivity index (χ3n) is 16.5. The Labute approximate surface area is 419 Å². The van der Waals surface area contributed by atoms with Crippen LogP contribution in [0.1, 0.15) is 106 Å². The first-order chi connectivity index (χ1) is 33.8. The van der Waals surface area contributed by atoms with Crippen molar-refractivity contribution in [1.82, 2.24) is 32.8 Å². The second-order valence-corrected chi connectivity index (χ2v) is 25.5. The van der Waals surface area contributed by atoms with Crippen LogP contribution in [0.2, 0.25) is 0 Å². The number of rotatable bonds is 18. The van der Waals surface area contributed by atoms with Gasteiger partial charge in [-0.2, -0.15) is 34.9 Å². The van der Waals surface area contributed by atoms with Crippen LogP contribution in [0.25, 0.3) is 0 Å². The molecule has 3 saturated carbocycles. The Morgan fingerprint density at radius 2 is 1.14 bits per heavy atom. The van der Waals surface area contributed by atoms with Gasteiger partial charge in [-0.1, -0.05) is 24.3 Å². The van der Waals surface area contributed by atoms with Crippen LogP contribution in [0.3, 0.4) is 0 Å². The minimum atomic E-state index is -4.02. The molecule has 8 rings (SSSR count). The fourth-order valence-electron chi connectivity index (χ4n) is 12.1. The molecule has 0 bridgehead atoms. The predicted molar refractivity (Wildman–Crippen MR) is 264 cm³/mol. The van der Waals surface area contributed by atoms with Crippen LogP contribution in [0.4, 0.5) is 13.2 Å². The van der Waals surface area contributed by atoms with Crippen LogP contribution in [0, 0.1) is 35.3 Å². The van der Waals surface area contributed by atoms with Gasteiger partial charge in [0.15, 0.2) is 0 Å². The zero-order valence-electron chi connectivity index (χ0n) is 41.8. The second kappa shape index (κ2) is 23.6. The Kier molecular flexibility index (Phi) is 17.9. The van der Waals surface area contributed by atoms with E-state index in [1.807, 2.05) is 24.1 Å². The molecule has 3 saturated heterocycles. The summed E-state index contributed by atoms with van der Waals surface area (Å²) in [6.07, 6.45) is 7.14. The highest BCUT2D eigenvalue weighted by Crippen LogP contribution is 2.38. The van der Waals surface area contributed by atoms with Gasteiger partial charge in [0.05, 0.1) is 31.5 Å². The molecule has 3 aliphatic heterocycles. The Balaban J connectivity index is 0.849. The maximum absolute atomic E-state index is 14.4. The monoisotopic (exact) mass is 1040 g/mol. The fourth-order valence-corrected chi connectivity index (χ4v) is 14.2. The molecule has 2 aromatic carbocycles. The van der Waals surface area contributed by atoms with Gasteiger partial charge in [-0.05, 0) is 144 Å². The van der Waals surface area contributed by atoms with Crippen molar-refractivity contribution in [2.24, 2.45) is 23.7 Å². The highest BCUT2D eigenvalue weighted by atomic mass is 32.2. The van der Waals surface area contributed by atoms with Crippen LogP contribution in [-0.2, 0) is 39.5 Å². The summed E-state index contributed by atoms with van der Waals surface area (Å²) in [5, 5.41) is 0. The molecule has 6 aliphatic rings. The first-order valence-electron chi connectivity index (χ1n) is 25.9. The van der Waals surface area contributed by atoms with Crippen molar-refractivity contribution in [3.8, 4) is 0 Å². The molecule has 2 amide bonds. The number of ether oxygens (including phenoxy) is 2. The van der Waals surface area contributed by atoms with E-state index in [0.29, 0.717) is 52.0 Å². The van der Waals surface area contributed by atoms with E-state index in [2.05, 4.69) is 9.44 Å². The number of likely N-dealkylation sites (N-methyl/N-ethyl adjacent to an activating group) is 1. The lowest BCUT2D eigenvalue weighted by atomic mass is 9.81. The number of nitrogens with zero attached hydrogens (tertiary/aromatic N) is 5. The number of likely N-dealkylation sites (tertiary alicyclic amines) is 3. The molecule has 6 fully saturated rings. The number of benzene rings is 2. The number of amides is 2. The number of piperidine rings is 2. The second-order valence-electron chi connectivity index (χ2n) is 21.7. The number of carbonyl (C=O) groups is 2. The third-order valence-corrected chi connectivity index (χ3v) is 19.7. The lowest BCUT2D eigenvalue weighted by Gasteiger charge is -2.42. The molecule has 2 aromatic rings. The van der Waals surface area contributed by atoms with Crippen LogP contribution >= 0.6 is 0 Å². The fraction of sp³-hybridized carbons (Fsp3) is 0.725. The highest BCUT2D eigenvalue weighted by Gasteiger charge is 2.44. The first-order valence-corrected chi connectivity index (χ1v) is 28.8. The number of hydrogen-bond donors (Lipinski definition) is 2. The normalized spacial score (nSPS) is 32.3. The molecule has 0 aromatic heterocycles. The van der Waals surface area contributed by atoms with Crippen molar-refractivity contribution in [3.63, 3.8) is 0 Å². The van der Waals surface area contributed by atoms with Crippen molar-refractivity contribution in [2.75, 3.05) is 80.7 Å². The van der Waals surface area contributed by atoms with E-state index in [-0.39, 0.29) is 104 Å². The number of nitrogens with one attached hydrogen (secondary N) is 2. The summed E-state index contributed by atoms with van der Waals surface area (Å²) >= 11 is 0. The topological polar surface area (TPSA) is 161 Å². The van der Waals surface area contributed by atoms with Crippen molar-refractivity contribution < 1.29 is 49.1 Å². The van der Waals surface area contributed by atoms with Gasteiger partial charge in [-0.25, -0.2) is 13.2 Å². The smallest absolute Gasteiger partial charge is 0.279 e. The lowest BCUT2D eigenvalue weighted by molar-refractivity contribution is -0.143. The van der Waals surface area contributed by atoms with Crippen molar-refractivity contribution in [1.29, 1.82) is 0 Å². The van der Waals surface area contributed by atoms with E-state index >= 15 is 0 Å². The van der Waals surface area contributed by atoms with E-state index in [0.717, 1.165) is 66.8 Å². The molecular weight excluding hydrogens is 960 g/mol. The van der Waals surface area contributed by atoms with Gasteiger partial charge in [0.2, 0.25) is 11.8 Å². The van der Waals surface area contributed by atoms with Crippen molar-refractivity contribution in [2.45, 2.75) is 132 Å². The summed E-state index contributed by atoms with van der Waals surface area (Å²) in [5.74, 6) is -1.33. The molecule has 20 heteroatoms. The molecule has 3 aliphatic carbocycles. The molecule has 2 N–H and O–H groups in total. The third kappa shape index (κ3) is 13.8. The zero-order chi connectivity index (χ0) is 50.6. The van der Waals surface area contributed by atoms with Gasteiger partial charge in [0, 0.05) is 90.2 Å². The predicted octanol–water partition coefficient (Wildman–Crippen LogP) is 5.42. The number of alkyl halides is 1. The average molecular weight is 1040 g/mol. The standard InChI is InChI=1S/C51H76F3N7O8S2/c1-57(2)70(64,65)55-47-20-22-61(31-41(47)33-69-46-17-13-36(14-18-46)38-8-6-10-43(53)25-38)51(63)49-23-34(28-58(49)3)29-59(4)71(66,67)56-48-19-21-60(50(62)39-26-44(54)27-39)30-40(48)32-68-45-15-11-35(12-16-45)37-7-5-9-42(52)24-37/h5-10,24-25,34-36,39-41,44-49,55-56H,11-23,26-33H2,1-4H3/t34?,35-,36-,39-,40?,41?,44+,45+,46+,47?,48?,49?. The van der Waals surface area contributed by atoms with Crippen LogP contribution < -0.4 is 9.44 Å². The van der Waals surface area contributed by atoms with Crippen LogP contribution in [-0.4, -0.2) is 169 Å². The Morgan fingerprint density at radius 3 is 1.61 bits per heavy atom. The maximum atomic E-state index is 14.4. The van der Waals surface area contributed by atoms with Gasteiger partial charge in [-0.15, -0.1) is 0 Å². The number of halogens is 3. The van der Waals surface area contributed by atoms with E-state index in [4.69, 9.17) is 9.47 Å². The first kappa shape index (κ1) is 54.1. The molecule has 0 radical (unpaired) electrons. The summed E-state index contributed by atoms with van der Waals surface area (Å²) in [7, 11) is -1.43. The van der Waals surface area contributed by atoms with Gasteiger partial charge < -0.3 is 19.3 Å². The SMILES string of the molecule is CN1CC(CN(C)S(=O)(=O)NC2CCN(C(=O)[C@H]3C[C@@H](F)C3)CC2CO[C@H]2CC[C@@H](c3cccc(F)c3)CC2)CC1C(=O)N1CCC(NS(=O)(=O)N(C)C)C(CO[C@H]2CC[C@@H](c3cccc(F)c3)CC2)C1. The number of carbonyl (C=O) groups excluding carboxylic acids is 2. The molecule has 6 unspecified atom stereocenters. The Morgan fingerprint density at radius 1 is 0.662 bits per heavy atom.